The number of aryl methyl sites for hydroxylation is 2. The van der Waals surface area contributed by atoms with Gasteiger partial charge in [0.25, 0.3) is 5.91 Å². The van der Waals surface area contributed by atoms with E-state index in [1.165, 1.54) is 59.4 Å². The van der Waals surface area contributed by atoms with Gasteiger partial charge in [-0.1, -0.05) is 6.42 Å². The molecule has 1 aromatic carbocycles. The average Bonchev–Trinajstić information content (AvgIpc) is 2.88. The van der Waals surface area contributed by atoms with Crippen LogP contribution in [0.1, 0.15) is 46.3 Å². The van der Waals surface area contributed by atoms with E-state index in [1.807, 2.05) is 6.07 Å². The fourth-order valence-corrected chi connectivity index (χ4v) is 3.95. The van der Waals surface area contributed by atoms with Crippen LogP contribution in [0.2, 0.25) is 0 Å². The lowest BCUT2D eigenvalue weighted by molar-refractivity contribution is -0.123. The van der Waals surface area contributed by atoms with E-state index in [9.17, 15) is 14.0 Å². The number of nitrogens with one attached hydrogen (secondary N) is 1. The number of anilines is 1. The lowest BCUT2D eigenvalue weighted by Crippen LogP contribution is -2.29. The van der Waals surface area contributed by atoms with Crippen LogP contribution in [0.15, 0.2) is 30.3 Å². The molecule has 1 N–H and O–H groups in total. The van der Waals surface area contributed by atoms with Crippen molar-refractivity contribution in [1.82, 2.24) is 0 Å². The summed E-state index contributed by atoms with van der Waals surface area (Å²) in [7, 11) is 0. The Balaban J connectivity index is 1.60. The lowest BCUT2D eigenvalue weighted by atomic mass is 10.1. The van der Waals surface area contributed by atoms with Gasteiger partial charge in [-0.15, -0.1) is 11.3 Å². The van der Waals surface area contributed by atoms with Gasteiger partial charge in [0.1, 0.15) is 10.7 Å². The monoisotopic (exact) mass is 361 g/mol. The van der Waals surface area contributed by atoms with E-state index in [0.717, 1.165) is 25.7 Å². The lowest BCUT2D eigenvalue weighted by Gasteiger charge is -2.13. The van der Waals surface area contributed by atoms with Crippen molar-refractivity contribution >= 4 is 28.9 Å². The molecule has 1 aromatic heterocycles. The highest BCUT2D eigenvalue weighted by molar-refractivity contribution is 7.14. The van der Waals surface area contributed by atoms with E-state index >= 15 is 0 Å². The number of rotatable bonds is 4. The number of amides is 1. The maximum Gasteiger partial charge on any atom is 0.349 e. The Morgan fingerprint density at radius 3 is 2.64 bits per heavy atom. The van der Waals surface area contributed by atoms with Gasteiger partial charge in [0, 0.05) is 10.6 Å². The number of carbonyl (C=O) groups excluding carboxylic acids is 2. The van der Waals surface area contributed by atoms with Crippen LogP contribution in [0.3, 0.4) is 0 Å². The molecular formula is C19H20FNO3S. The van der Waals surface area contributed by atoms with Crippen LogP contribution in [0.4, 0.5) is 10.1 Å². The number of hydrogen-bond donors (Lipinski definition) is 1. The molecular weight excluding hydrogens is 341 g/mol. The van der Waals surface area contributed by atoms with E-state index < -0.39 is 18.0 Å². The molecule has 1 heterocycles. The van der Waals surface area contributed by atoms with Crippen molar-refractivity contribution in [3.05, 3.63) is 51.5 Å². The molecule has 1 aliphatic rings. The van der Waals surface area contributed by atoms with E-state index in [1.54, 1.807) is 0 Å². The summed E-state index contributed by atoms with van der Waals surface area (Å²) in [6.07, 6.45) is 4.60. The van der Waals surface area contributed by atoms with Gasteiger partial charge >= 0.3 is 5.97 Å². The minimum atomic E-state index is -0.931. The number of fused-ring (bicyclic) bond motifs is 1. The number of hydrogen-bond acceptors (Lipinski definition) is 4. The Bertz CT molecular complexity index is 746. The van der Waals surface area contributed by atoms with Crippen molar-refractivity contribution in [3.63, 3.8) is 0 Å². The molecule has 0 unspecified atom stereocenters. The van der Waals surface area contributed by atoms with Gasteiger partial charge in [0.15, 0.2) is 6.10 Å². The fourth-order valence-electron chi connectivity index (χ4n) is 2.82. The van der Waals surface area contributed by atoms with Gasteiger partial charge in [0.2, 0.25) is 0 Å². The minimum Gasteiger partial charge on any atom is -0.448 e. The Morgan fingerprint density at radius 1 is 1.16 bits per heavy atom. The maximum atomic E-state index is 12.9. The molecule has 3 rings (SSSR count). The third-order valence-electron chi connectivity index (χ3n) is 4.21. The summed E-state index contributed by atoms with van der Waals surface area (Å²) in [5.41, 5.74) is 1.69. The van der Waals surface area contributed by atoms with Crippen molar-refractivity contribution in [2.45, 2.75) is 45.1 Å². The minimum absolute atomic E-state index is 0.380. The van der Waals surface area contributed by atoms with Crippen molar-refractivity contribution in [2.75, 3.05) is 5.32 Å². The van der Waals surface area contributed by atoms with E-state index in [4.69, 9.17) is 4.74 Å². The first kappa shape index (κ1) is 17.6. The quantitative estimate of drug-likeness (QED) is 0.651. The first-order valence-corrected chi connectivity index (χ1v) is 9.23. The molecule has 0 aliphatic heterocycles. The summed E-state index contributed by atoms with van der Waals surface area (Å²) in [5, 5.41) is 2.60. The molecule has 6 heteroatoms. The van der Waals surface area contributed by atoms with Crippen LogP contribution in [0.25, 0.3) is 0 Å². The zero-order chi connectivity index (χ0) is 17.8. The maximum absolute atomic E-state index is 12.9. The summed E-state index contributed by atoms with van der Waals surface area (Å²) in [6.45, 7) is 1.52. The summed E-state index contributed by atoms with van der Waals surface area (Å²) in [5.74, 6) is -1.30. The fraction of sp³-hybridized carbons (Fsp3) is 0.368. The Labute approximate surface area is 150 Å². The van der Waals surface area contributed by atoms with E-state index in [-0.39, 0.29) is 5.82 Å². The van der Waals surface area contributed by atoms with Gasteiger partial charge < -0.3 is 10.1 Å². The highest BCUT2D eigenvalue weighted by Gasteiger charge is 2.22. The van der Waals surface area contributed by atoms with Crippen LogP contribution in [-0.4, -0.2) is 18.0 Å². The van der Waals surface area contributed by atoms with Crippen LogP contribution >= 0.6 is 11.3 Å². The summed E-state index contributed by atoms with van der Waals surface area (Å²) in [4.78, 5) is 26.3. The molecule has 0 saturated heterocycles. The number of benzene rings is 1. The second-order valence-corrected chi connectivity index (χ2v) is 7.30. The zero-order valence-corrected chi connectivity index (χ0v) is 14.8. The summed E-state index contributed by atoms with van der Waals surface area (Å²) >= 11 is 1.47. The van der Waals surface area contributed by atoms with Gasteiger partial charge in [0.05, 0.1) is 0 Å². The molecule has 0 bridgehead atoms. The molecule has 1 amide bonds. The van der Waals surface area contributed by atoms with Gasteiger partial charge in [-0.2, -0.15) is 0 Å². The Morgan fingerprint density at radius 2 is 1.88 bits per heavy atom. The van der Waals surface area contributed by atoms with Crippen LogP contribution in [0, 0.1) is 5.82 Å². The van der Waals surface area contributed by atoms with Gasteiger partial charge in [-0.3, -0.25) is 4.79 Å². The SMILES string of the molecule is C[C@H](OC(=O)c1cc2c(s1)CCCCC2)C(=O)Nc1ccc(F)cc1. The van der Waals surface area contributed by atoms with E-state index in [0.29, 0.717) is 10.6 Å². The largest absolute Gasteiger partial charge is 0.448 e. The second-order valence-electron chi connectivity index (χ2n) is 6.16. The predicted molar refractivity (Wildman–Crippen MR) is 95.5 cm³/mol. The molecule has 132 valence electrons. The first-order valence-electron chi connectivity index (χ1n) is 8.42. The van der Waals surface area contributed by atoms with Gasteiger partial charge in [-0.05, 0) is 68.5 Å². The smallest absolute Gasteiger partial charge is 0.349 e. The average molecular weight is 361 g/mol. The molecule has 1 aliphatic carbocycles. The van der Waals surface area contributed by atoms with Crippen LogP contribution < -0.4 is 5.32 Å². The highest BCUT2D eigenvalue weighted by atomic mass is 32.1. The third kappa shape index (κ3) is 4.45. The predicted octanol–water partition coefficient (Wildman–Crippen LogP) is 4.34. The van der Waals surface area contributed by atoms with Crippen molar-refractivity contribution < 1.29 is 18.7 Å². The van der Waals surface area contributed by atoms with E-state index in [2.05, 4.69) is 5.32 Å². The summed E-state index contributed by atoms with van der Waals surface area (Å²) < 4.78 is 18.2. The Kier molecular flexibility index (Phi) is 5.48. The van der Waals surface area contributed by atoms with Crippen molar-refractivity contribution in [2.24, 2.45) is 0 Å². The zero-order valence-electron chi connectivity index (χ0n) is 14.0. The van der Waals surface area contributed by atoms with Crippen molar-refractivity contribution in [1.29, 1.82) is 0 Å². The molecule has 0 spiro atoms. The number of ether oxygens (including phenoxy) is 1. The second kappa shape index (κ2) is 7.78. The molecule has 1 atom stereocenters. The summed E-state index contributed by atoms with van der Waals surface area (Å²) in [6, 6.07) is 7.32. The molecule has 4 nitrogen and oxygen atoms in total. The van der Waals surface area contributed by atoms with Gasteiger partial charge in [-0.25, -0.2) is 9.18 Å². The molecule has 25 heavy (non-hydrogen) atoms. The molecule has 0 saturated carbocycles. The number of halogens is 1. The topological polar surface area (TPSA) is 55.4 Å². The van der Waals surface area contributed by atoms with Crippen LogP contribution in [0.5, 0.6) is 0 Å². The Hall–Kier alpha value is -2.21. The highest BCUT2D eigenvalue weighted by Crippen LogP contribution is 2.29. The number of esters is 1. The molecule has 0 radical (unpaired) electrons. The normalized spacial score (nSPS) is 15.0. The van der Waals surface area contributed by atoms with Crippen molar-refractivity contribution in [3.8, 4) is 0 Å². The molecule has 0 fully saturated rings. The first-order chi connectivity index (χ1) is 12.0. The van der Waals surface area contributed by atoms with Crippen LogP contribution in [-0.2, 0) is 22.4 Å². The standard InChI is InChI=1S/C19H20FNO3S/c1-12(18(22)21-15-9-7-14(20)8-10-15)24-19(23)17-11-13-5-3-2-4-6-16(13)25-17/h7-12H,2-6H2,1H3,(H,21,22)/t12-/m0/s1. The number of carbonyl (C=O) groups is 2. The molecule has 2 aromatic rings. The third-order valence-corrected chi connectivity index (χ3v) is 5.43. The number of thiophene rings is 1.